The van der Waals surface area contributed by atoms with Gasteiger partial charge in [0.25, 0.3) is 0 Å². The van der Waals surface area contributed by atoms with Crippen molar-refractivity contribution in [1.29, 1.82) is 0 Å². The normalized spacial score (nSPS) is 27.4. The monoisotopic (exact) mass is 360 g/mol. The third-order valence-electron chi connectivity index (χ3n) is 3.69. The van der Waals surface area contributed by atoms with E-state index in [9.17, 15) is 9.59 Å². The minimum atomic E-state index is -1.28. The summed E-state index contributed by atoms with van der Waals surface area (Å²) < 4.78 is 15.9. The van der Waals surface area contributed by atoms with Gasteiger partial charge in [-0.25, -0.2) is 4.79 Å². The van der Waals surface area contributed by atoms with E-state index in [0.717, 1.165) is 6.92 Å². The number of hydrogen-bond acceptors (Lipinski definition) is 7. The van der Waals surface area contributed by atoms with E-state index >= 15 is 0 Å². The fourth-order valence-electron chi connectivity index (χ4n) is 2.56. The number of carbonyl (C=O) groups excluding carboxylic acids is 2. The van der Waals surface area contributed by atoms with Crippen LogP contribution in [0.5, 0.6) is 0 Å². The van der Waals surface area contributed by atoms with Gasteiger partial charge in [-0.3, -0.25) is 4.79 Å². The Hall–Kier alpha value is -3.26. The van der Waals surface area contributed by atoms with Gasteiger partial charge < -0.3 is 14.2 Å². The Balaban J connectivity index is 2.37. The zero-order valence-corrected chi connectivity index (χ0v) is 14.0. The molecule has 2 rings (SSSR count). The zero-order chi connectivity index (χ0) is 19.1. The second kappa shape index (κ2) is 8.72. The number of ether oxygens (including phenoxy) is 3. The van der Waals surface area contributed by atoms with Gasteiger partial charge in [0.15, 0.2) is 0 Å². The summed E-state index contributed by atoms with van der Waals surface area (Å²) >= 11 is 0. The van der Waals surface area contributed by atoms with E-state index < -0.39 is 42.5 Å². The lowest BCUT2D eigenvalue weighted by Crippen LogP contribution is -2.57. The molecule has 1 saturated heterocycles. The number of rotatable bonds is 5. The van der Waals surface area contributed by atoms with Crippen LogP contribution in [0, 0.1) is 0 Å². The summed E-state index contributed by atoms with van der Waals surface area (Å²) in [7, 11) is 0. The second-order valence-electron chi connectivity index (χ2n) is 5.45. The predicted molar refractivity (Wildman–Crippen MR) is 87.6 cm³/mol. The molecule has 1 aliphatic rings. The fraction of sp³-hybridized carbons (Fsp3) is 0.467. The van der Waals surface area contributed by atoms with E-state index in [1.54, 1.807) is 37.3 Å². The van der Waals surface area contributed by atoms with Crippen molar-refractivity contribution in [3.63, 3.8) is 0 Å². The van der Waals surface area contributed by atoms with Crippen molar-refractivity contribution in [2.75, 3.05) is 0 Å². The summed E-state index contributed by atoms with van der Waals surface area (Å²) in [4.78, 5) is 29.1. The van der Waals surface area contributed by atoms with Gasteiger partial charge in [0.2, 0.25) is 6.29 Å². The summed E-state index contributed by atoms with van der Waals surface area (Å²) in [5.41, 5.74) is 17.9. The quantitative estimate of drug-likeness (QED) is 0.341. The molecule has 1 heterocycles. The first-order valence-corrected chi connectivity index (χ1v) is 7.65. The van der Waals surface area contributed by atoms with Crippen LogP contribution in [-0.4, -0.2) is 42.5 Å². The zero-order valence-electron chi connectivity index (χ0n) is 14.0. The first kappa shape index (κ1) is 19.1. The fourth-order valence-corrected chi connectivity index (χ4v) is 2.56. The molecule has 0 aromatic heterocycles. The van der Waals surface area contributed by atoms with Gasteiger partial charge in [0.05, 0.1) is 11.7 Å². The summed E-state index contributed by atoms with van der Waals surface area (Å²) in [5.74, 6) is -1.38. The third kappa shape index (κ3) is 4.42. The van der Waals surface area contributed by atoms with Crippen LogP contribution < -0.4 is 0 Å². The van der Waals surface area contributed by atoms with Gasteiger partial charge in [0.1, 0.15) is 18.2 Å². The Bertz CT molecular complexity index is 759. The topological polar surface area (TPSA) is 159 Å². The molecule has 0 amide bonds. The van der Waals surface area contributed by atoms with Gasteiger partial charge in [0, 0.05) is 16.7 Å². The van der Waals surface area contributed by atoms with Crippen LogP contribution in [0.1, 0.15) is 24.2 Å². The van der Waals surface area contributed by atoms with E-state index in [0.29, 0.717) is 0 Å². The molecule has 1 aromatic rings. The number of hydrogen-bond donors (Lipinski definition) is 0. The van der Waals surface area contributed by atoms with Crippen molar-refractivity contribution < 1.29 is 23.8 Å². The van der Waals surface area contributed by atoms with Crippen molar-refractivity contribution in [2.24, 2.45) is 10.2 Å². The Morgan fingerprint density at radius 2 is 1.69 bits per heavy atom. The van der Waals surface area contributed by atoms with E-state index in [1.807, 2.05) is 0 Å². The number of nitrogens with zero attached hydrogens (tertiary/aromatic N) is 6. The minimum Gasteiger partial charge on any atom is -0.458 e. The summed E-state index contributed by atoms with van der Waals surface area (Å²) in [5, 5.41) is 7.12. The molecule has 136 valence electrons. The van der Waals surface area contributed by atoms with Gasteiger partial charge in [-0.15, -0.1) is 0 Å². The summed E-state index contributed by atoms with van der Waals surface area (Å²) in [6.07, 6.45) is -3.21. The molecule has 0 saturated carbocycles. The van der Waals surface area contributed by atoms with Crippen molar-refractivity contribution in [3.05, 3.63) is 56.8 Å². The van der Waals surface area contributed by atoms with Crippen LogP contribution in [0.15, 0.2) is 40.6 Å². The van der Waals surface area contributed by atoms with Crippen LogP contribution in [0.25, 0.3) is 20.9 Å². The van der Waals surface area contributed by atoms with E-state index in [4.69, 9.17) is 25.3 Å². The molecule has 0 spiro atoms. The van der Waals surface area contributed by atoms with Crippen LogP contribution >= 0.6 is 0 Å². The average Bonchev–Trinajstić information content (AvgIpc) is 2.61. The minimum absolute atomic E-state index is 0.259. The standard InChI is InChI=1S/C15H16N6O5/c1-8-11(18-20-16)13(26-14(23)10-6-4-3-5-7-10)12(19-21-17)15(24-8)25-9(2)22/h3-8,11-13,15H,1-2H3/t8-,11-,12+,13+,15-/m0/s1. The maximum Gasteiger partial charge on any atom is 0.338 e. The van der Waals surface area contributed by atoms with Crippen molar-refractivity contribution in [1.82, 2.24) is 0 Å². The summed E-state index contributed by atoms with van der Waals surface area (Å²) in [6.45, 7) is 2.72. The maximum atomic E-state index is 12.4. The van der Waals surface area contributed by atoms with Crippen molar-refractivity contribution in [3.8, 4) is 0 Å². The molecule has 11 heteroatoms. The SMILES string of the molecule is CC(=O)O[C@@H]1O[C@@H](C)[C@H](N=[N+]=[N-])[C@@H](OC(=O)c2ccccc2)[C@H]1N=[N+]=[N-]. The molecule has 0 N–H and O–H groups in total. The van der Waals surface area contributed by atoms with E-state index in [-0.39, 0.29) is 5.56 Å². The molecular formula is C15H16N6O5. The van der Waals surface area contributed by atoms with E-state index in [2.05, 4.69) is 20.1 Å². The number of azide groups is 2. The highest BCUT2D eigenvalue weighted by atomic mass is 16.7. The molecule has 11 nitrogen and oxygen atoms in total. The van der Waals surface area contributed by atoms with Crippen molar-refractivity contribution >= 4 is 11.9 Å². The highest BCUT2D eigenvalue weighted by Gasteiger charge is 2.47. The number of benzene rings is 1. The van der Waals surface area contributed by atoms with E-state index in [1.165, 1.54) is 0 Å². The van der Waals surface area contributed by atoms with Crippen LogP contribution in [0.4, 0.5) is 0 Å². The van der Waals surface area contributed by atoms with Crippen molar-refractivity contribution in [2.45, 2.75) is 44.4 Å². The molecule has 0 unspecified atom stereocenters. The molecule has 0 aliphatic carbocycles. The molecule has 1 aromatic carbocycles. The molecule has 0 radical (unpaired) electrons. The number of esters is 2. The molecule has 0 bridgehead atoms. The van der Waals surface area contributed by atoms with Gasteiger partial charge in [-0.05, 0) is 30.1 Å². The molecule has 1 aliphatic heterocycles. The average molecular weight is 360 g/mol. The van der Waals surface area contributed by atoms with Gasteiger partial charge in [-0.2, -0.15) is 0 Å². The van der Waals surface area contributed by atoms with Crippen LogP contribution in [0.3, 0.4) is 0 Å². The first-order chi connectivity index (χ1) is 12.5. The molecule has 5 atom stereocenters. The smallest absolute Gasteiger partial charge is 0.338 e. The second-order valence-corrected chi connectivity index (χ2v) is 5.45. The Labute approximate surface area is 148 Å². The lowest BCUT2D eigenvalue weighted by atomic mass is 9.96. The highest BCUT2D eigenvalue weighted by molar-refractivity contribution is 5.89. The van der Waals surface area contributed by atoms with Gasteiger partial charge >= 0.3 is 11.9 Å². The van der Waals surface area contributed by atoms with Crippen LogP contribution in [-0.2, 0) is 19.0 Å². The van der Waals surface area contributed by atoms with Crippen LogP contribution in [0.2, 0.25) is 0 Å². The Morgan fingerprint density at radius 1 is 1.08 bits per heavy atom. The lowest BCUT2D eigenvalue weighted by molar-refractivity contribution is -0.223. The lowest BCUT2D eigenvalue weighted by Gasteiger charge is -2.41. The predicted octanol–water partition coefficient (Wildman–Crippen LogP) is 2.88. The number of carbonyl (C=O) groups is 2. The summed E-state index contributed by atoms with van der Waals surface area (Å²) in [6, 6.07) is 5.93. The highest BCUT2D eigenvalue weighted by Crippen LogP contribution is 2.29. The molecule has 1 fully saturated rings. The Kier molecular flexibility index (Phi) is 6.40. The third-order valence-corrected chi connectivity index (χ3v) is 3.69. The molecular weight excluding hydrogens is 344 g/mol. The Morgan fingerprint density at radius 3 is 2.27 bits per heavy atom. The maximum absolute atomic E-state index is 12.4. The molecule has 26 heavy (non-hydrogen) atoms. The van der Waals surface area contributed by atoms with Gasteiger partial charge in [-0.1, -0.05) is 28.4 Å². The first-order valence-electron chi connectivity index (χ1n) is 7.65. The largest absolute Gasteiger partial charge is 0.458 e.